The predicted molar refractivity (Wildman–Crippen MR) is 119 cm³/mol. The van der Waals surface area contributed by atoms with Gasteiger partial charge in [-0.25, -0.2) is 14.4 Å². The maximum atomic E-state index is 13.0. The number of rotatable bonds is 6. The van der Waals surface area contributed by atoms with Gasteiger partial charge in [0, 0.05) is 26.9 Å². The van der Waals surface area contributed by atoms with Crippen molar-refractivity contribution < 1.29 is 9.18 Å². The number of amides is 1. The van der Waals surface area contributed by atoms with E-state index in [2.05, 4.69) is 15.3 Å². The number of aromatic nitrogens is 2. The Morgan fingerprint density at radius 3 is 2.31 bits per heavy atom. The molecule has 4 nitrogen and oxygen atoms in total. The Morgan fingerprint density at radius 2 is 1.59 bits per heavy atom. The van der Waals surface area contributed by atoms with Crippen molar-refractivity contribution in [2.45, 2.75) is 4.34 Å². The SMILES string of the molecule is O=C(CSc1nc(-c2ccc(F)cc2)cs1)Nc1nc(-c2ccc(Cl)cc2)cs1. The Morgan fingerprint density at radius 1 is 0.966 bits per heavy atom. The molecule has 0 spiro atoms. The molecule has 0 aliphatic heterocycles. The van der Waals surface area contributed by atoms with Crippen LogP contribution in [0.3, 0.4) is 0 Å². The minimum absolute atomic E-state index is 0.148. The van der Waals surface area contributed by atoms with Gasteiger partial charge in [0.05, 0.1) is 17.1 Å². The smallest absolute Gasteiger partial charge is 0.236 e. The molecule has 0 fully saturated rings. The fourth-order valence-corrected chi connectivity index (χ4v) is 4.94. The number of thioether (sulfide) groups is 1. The minimum atomic E-state index is -0.281. The highest BCUT2D eigenvalue weighted by Gasteiger charge is 2.11. The average molecular weight is 462 g/mol. The number of nitrogens with zero attached hydrogens (tertiary/aromatic N) is 2. The zero-order valence-corrected chi connectivity index (χ0v) is 18.0. The molecule has 4 aromatic rings. The van der Waals surface area contributed by atoms with Crippen molar-refractivity contribution in [2.75, 3.05) is 11.1 Å². The van der Waals surface area contributed by atoms with Gasteiger partial charge in [0.2, 0.25) is 5.91 Å². The zero-order chi connectivity index (χ0) is 20.2. The fraction of sp³-hybridized carbons (Fsp3) is 0.0500. The van der Waals surface area contributed by atoms with Crippen LogP contribution in [-0.4, -0.2) is 21.6 Å². The van der Waals surface area contributed by atoms with Gasteiger partial charge in [-0.05, 0) is 36.4 Å². The molecular weight excluding hydrogens is 449 g/mol. The summed E-state index contributed by atoms with van der Waals surface area (Å²) in [5, 5.41) is 7.82. The highest BCUT2D eigenvalue weighted by atomic mass is 35.5. The normalized spacial score (nSPS) is 10.8. The molecule has 29 heavy (non-hydrogen) atoms. The highest BCUT2D eigenvalue weighted by Crippen LogP contribution is 2.29. The first-order chi connectivity index (χ1) is 14.1. The van der Waals surface area contributed by atoms with E-state index in [1.807, 2.05) is 22.9 Å². The van der Waals surface area contributed by atoms with Crippen LogP contribution in [0.5, 0.6) is 0 Å². The second-order valence-electron chi connectivity index (χ2n) is 5.89. The van der Waals surface area contributed by atoms with Gasteiger partial charge in [0.25, 0.3) is 0 Å². The van der Waals surface area contributed by atoms with Crippen molar-refractivity contribution in [1.82, 2.24) is 9.97 Å². The lowest BCUT2D eigenvalue weighted by Crippen LogP contribution is -2.13. The number of hydrogen-bond donors (Lipinski definition) is 1. The van der Waals surface area contributed by atoms with Crippen LogP contribution in [0.1, 0.15) is 0 Å². The maximum absolute atomic E-state index is 13.0. The molecule has 1 N–H and O–H groups in total. The molecule has 146 valence electrons. The Bertz CT molecular complexity index is 1130. The van der Waals surface area contributed by atoms with Crippen molar-refractivity contribution in [3.8, 4) is 22.5 Å². The molecule has 2 heterocycles. The monoisotopic (exact) mass is 461 g/mol. The van der Waals surface area contributed by atoms with E-state index in [1.165, 1.54) is 46.6 Å². The quantitative estimate of drug-likeness (QED) is 0.335. The summed E-state index contributed by atoms with van der Waals surface area (Å²) in [4.78, 5) is 21.2. The topological polar surface area (TPSA) is 54.9 Å². The third-order valence-corrected chi connectivity index (χ3v) is 6.87. The summed E-state index contributed by atoms with van der Waals surface area (Å²) in [5.41, 5.74) is 3.34. The minimum Gasteiger partial charge on any atom is -0.301 e. The van der Waals surface area contributed by atoms with Gasteiger partial charge in [-0.2, -0.15) is 0 Å². The summed E-state index contributed by atoms with van der Waals surface area (Å²) in [7, 11) is 0. The molecular formula is C20H13ClFN3OS3. The Balaban J connectivity index is 1.33. The van der Waals surface area contributed by atoms with Crippen molar-refractivity contribution >= 4 is 57.1 Å². The molecule has 0 radical (unpaired) electrons. The molecule has 2 aromatic carbocycles. The molecule has 0 atom stereocenters. The van der Waals surface area contributed by atoms with Gasteiger partial charge in [0.15, 0.2) is 9.47 Å². The molecule has 0 unspecified atom stereocenters. The maximum Gasteiger partial charge on any atom is 0.236 e. The van der Waals surface area contributed by atoms with Gasteiger partial charge in [-0.3, -0.25) is 4.79 Å². The number of halogens is 2. The number of thiazole rings is 2. The van der Waals surface area contributed by atoms with E-state index in [1.54, 1.807) is 24.3 Å². The number of benzene rings is 2. The number of anilines is 1. The first-order valence-electron chi connectivity index (χ1n) is 8.42. The predicted octanol–water partition coefficient (Wildman–Crippen LogP) is 6.46. The van der Waals surface area contributed by atoms with Crippen molar-refractivity contribution in [1.29, 1.82) is 0 Å². The largest absolute Gasteiger partial charge is 0.301 e. The fourth-order valence-electron chi connectivity index (χ4n) is 2.44. The summed E-state index contributed by atoms with van der Waals surface area (Å²) in [6, 6.07) is 13.6. The van der Waals surface area contributed by atoms with E-state index < -0.39 is 0 Å². The zero-order valence-electron chi connectivity index (χ0n) is 14.8. The summed E-state index contributed by atoms with van der Waals surface area (Å²) < 4.78 is 13.8. The Kier molecular flexibility index (Phi) is 6.25. The van der Waals surface area contributed by atoms with Crippen LogP contribution >= 0.6 is 46.0 Å². The van der Waals surface area contributed by atoms with Crippen LogP contribution in [0, 0.1) is 5.82 Å². The molecule has 9 heteroatoms. The first-order valence-corrected chi connectivity index (χ1v) is 11.5. The van der Waals surface area contributed by atoms with E-state index in [-0.39, 0.29) is 17.5 Å². The van der Waals surface area contributed by atoms with E-state index in [0.717, 1.165) is 26.9 Å². The van der Waals surface area contributed by atoms with Crippen molar-refractivity contribution in [2.24, 2.45) is 0 Å². The van der Waals surface area contributed by atoms with Crippen LogP contribution in [0.2, 0.25) is 5.02 Å². The third kappa shape index (κ3) is 5.22. The molecule has 0 aliphatic rings. The van der Waals surface area contributed by atoms with Crippen molar-refractivity contribution in [3.63, 3.8) is 0 Å². The molecule has 2 aromatic heterocycles. The number of carbonyl (C=O) groups excluding carboxylic acids is 1. The van der Waals surface area contributed by atoms with Gasteiger partial charge in [-0.15, -0.1) is 22.7 Å². The van der Waals surface area contributed by atoms with E-state index in [9.17, 15) is 9.18 Å². The summed E-state index contributed by atoms with van der Waals surface area (Å²) in [5.74, 6) is -0.200. The van der Waals surface area contributed by atoms with Crippen LogP contribution in [0.15, 0.2) is 63.6 Å². The summed E-state index contributed by atoms with van der Waals surface area (Å²) in [6.45, 7) is 0. The Labute approximate surface area is 183 Å². The number of hydrogen-bond acceptors (Lipinski definition) is 6. The lowest BCUT2D eigenvalue weighted by atomic mass is 10.2. The van der Waals surface area contributed by atoms with Crippen LogP contribution < -0.4 is 5.32 Å². The number of nitrogens with one attached hydrogen (secondary N) is 1. The average Bonchev–Trinajstić information content (AvgIpc) is 3.37. The van der Waals surface area contributed by atoms with Gasteiger partial charge in [0.1, 0.15) is 5.82 Å². The summed E-state index contributed by atoms with van der Waals surface area (Å²) in [6.07, 6.45) is 0. The van der Waals surface area contributed by atoms with Crippen LogP contribution in [0.25, 0.3) is 22.5 Å². The van der Waals surface area contributed by atoms with E-state index >= 15 is 0 Å². The lowest BCUT2D eigenvalue weighted by Gasteiger charge is -2.00. The van der Waals surface area contributed by atoms with Crippen molar-refractivity contribution in [3.05, 3.63) is 70.1 Å². The van der Waals surface area contributed by atoms with Crippen LogP contribution in [-0.2, 0) is 4.79 Å². The second kappa shape index (κ2) is 9.04. The molecule has 0 saturated heterocycles. The first kappa shape index (κ1) is 20.0. The molecule has 4 rings (SSSR count). The van der Waals surface area contributed by atoms with E-state index in [0.29, 0.717) is 10.2 Å². The Hall–Kier alpha value is -2.26. The molecule has 0 aliphatic carbocycles. The van der Waals surface area contributed by atoms with Gasteiger partial charge >= 0.3 is 0 Å². The van der Waals surface area contributed by atoms with E-state index in [4.69, 9.17) is 11.6 Å². The molecule has 1 amide bonds. The molecule has 0 bridgehead atoms. The highest BCUT2D eigenvalue weighted by molar-refractivity contribution is 8.01. The molecule has 0 saturated carbocycles. The van der Waals surface area contributed by atoms with Crippen LogP contribution in [0.4, 0.5) is 9.52 Å². The van der Waals surface area contributed by atoms with Gasteiger partial charge in [-0.1, -0.05) is 35.5 Å². The van der Waals surface area contributed by atoms with Gasteiger partial charge < -0.3 is 5.32 Å². The standard InChI is InChI=1S/C20H13ClFN3OS3/c21-14-5-1-12(2-6-14)16-9-27-19(23-16)25-18(26)11-29-20-24-17(10-28-20)13-3-7-15(22)8-4-13/h1-10H,11H2,(H,23,25,26). The number of carbonyl (C=O) groups is 1. The lowest BCUT2D eigenvalue weighted by molar-refractivity contribution is -0.113. The summed E-state index contributed by atoms with van der Waals surface area (Å²) >= 11 is 10.1. The third-order valence-electron chi connectivity index (χ3n) is 3.84. The second-order valence-corrected chi connectivity index (χ2v) is 9.26.